The summed E-state index contributed by atoms with van der Waals surface area (Å²) in [6, 6.07) is 5.55. The lowest BCUT2D eigenvalue weighted by Gasteiger charge is -2.21. The van der Waals surface area contributed by atoms with Gasteiger partial charge in [-0.05, 0) is 44.2 Å². The zero-order valence-corrected chi connectivity index (χ0v) is 11.8. The Hall–Kier alpha value is -1.90. The third-order valence-corrected chi connectivity index (χ3v) is 4.76. The van der Waals surface area contributed by atoms with Crippen molar-refractivity contribution in [2.24, 2.45) is 11.8 Å². The van der Waals surface area contributed by atoms with Crippen molar-refractivity contribution in [1.82, 2.24) is 0 Å². The molecule has 2 fully saturated rings. The molecule has 20 heavy (non-hydrogen) atoms. The minimum atomic E-state index is -0.165. The number of hydrogen-bond donors (Lipinski definition) is 1. The Morgan fingerprint density at radius 1 is 1.10 bits per heavy atom. The second kappa shape index (κ2) is 4.58. The SMILES string of the molecule is Cc1cccc(C(O)=C2C(=O)C3CCC(C3)C2=O)c1C. The molecule has 0 aromatic heterocycles. The molecule has 2 aliphatic rings. The highest BCUT2D eigenvalue weighted by atomic mass is 16.3. The minimum Gasteiger partial charge on any atom is -0.506 e. The first-order valence-electron chi connectivity index (χ1n) is 7.09. The smallest absolute Gasteiger partial charge is 0.173 e. The molecule has 2 atom stereocenters. The maximum atomic E-state index is 12.4. The Balaban J connectivity index is 2.15. The van der Waals surface area contributed by atoms with Crippen LogP contribution >= 0.6 is 0 Å². The van der Waals surface area contributed by atoms with E-state index < -0.39 is 0 Å². The number of Topliss-reactive ketones (excluding diaryl/α,β-unsaturated/α-hetero) is 2. The van der Waals surface area contributed by atoms with Gasteiger partial charge in [0, 0.05) is 17.4 Å². The molecule has 2 unspecified atom stereocenters. The summed E-state index contributed by atoms with van der Waals surface area (Å²) >= 11 is 0. The van der Waals surface area contributed by atoms with E-state index >= 15 is 0 Å². The molecule has 2 saturated carbocycles. The molecule has 0 amide bonds. The number of allylic oxidation sites excluding steroid dienone is 1. The monoisotopic (exact) mass is 270 g/mol. The molecule has 0 heterocycles. The molecule has 2 aliphatic carbocycles. The van der Waals surface area contributed by atoms with E-state index in [2.05, 4.69) is 0 Å². The Labute approximate surface area is 118 Å². The molecule has 2 bridgehead atoms. The van der Waals surface area contributed by atoms with Crippen LogP contribution in [0.5, 0.6) is 0 Å². The van der Waals surface area contributed by atoms with Gasteiger partial charge in [0.05, 0.1) is 0 Å². The van der Waals surface area contributed by atoms with Gasteiger partial charge >= 0.3 is 0 Å². The van der Waals surface area contributed by atoms with Gasteiger partial charge in [0.2, 0.25) is 0 Å². The highest BCUT2D eigenvalue weighted by Crippen LogP contribution is 2.42. The van der Waals surface area contributed by atoms with E-state index in [1.54, 1.807) is 6.07 Å². The summed E-state index contributed by atoms with van der Waals surface area (Å²) in [5.41, 5.74) is 2.59. The van der Waals surface area contributed by atoms with Crippen molar-refractivity contribution in [3.8, 4) is 0 Å². The van der Waals surface area contributed by atoms with Gasteiger partial charge in [-0.15, -0.1) is 0 Å². The zero-order valence-electron chi connectivity index (χ0n) is 11.8. The highest BCUT2D eigenvalue weighted by Gasteiger charge is 2.45. The van der Waals surface area contributed by atoms with Crippen molar-refractivity contribution >= 4 is 17.3 Å². The van der Waals surface area contributed by atoms with Crippen molar-refractivity contribution in [3.05, 3.63) is 40.5 Å². The second-order valence-corrected chi connectivity index (χ2v) is 5.91. The van der Waals surface area contributed by atoms with Gasteiger partial charge in [-0.2, -0.15) is 0 Å². The molecule has 1 aromatic rings. The number of carbonyl (C=O) groups excluding carboxylic acids is 2. The molecular weight excluding hydrogens is 252 g/mol. The summed E-state index contributed by atoms with van der Waals surface area (Å²) in [5.74, 6) is -0.595. The number of aliphatic hydroxyl groups excluding tert-OH is 1. The fraction of sp³-hybridized carbons (Fsp3) is 0.412. The molecule has 0 aliphatic heterocycles. The third-order valence-electron chi connectivity index (χ3n) is 4.76. The van der Waals surface area contributed by atoms with E-state index in [9.17, 15) is 14.7 Å². The Morgan fingerprint density at radius 3 is 2.30 bits per heavy atom. The minimum absolute atomic E-state index is 0.0393. The molecule has 104 valence electrons. The fourth-order valence-electron chi connectivity index (χ4n) is 3.36. The van der Waals surface area contributed by atoms with Crippen LogP contribution in [0.4, 0.5) is 0 Å². The lowest BCUT2D eigenvalue weighted by atomic mass is 9.81. The molecule has 1 N–H and O–H groups in total. The zero-order chi connectivity index (χ0) is 14.4. The maximum Gasteiger partial charge on any atom is 0.173 e. The summed E-state index contributed by atoms with van der Waals surface area (Å²) in [6.45, 7) is 3.85. The van der Waals surface area contributed by atoms with Crippen molar-refractivity contribution in [2.75, 3.05) is 0 Å². The number of hydrogen-bond acceptors (Lipinski definition) is 3. The molecule has 0 spiro atoms. The van der Waals surface area contributed by atoms with Gasteiger partial charge in [-0.25, -0.2) is 0 Å². The van der Waals surface area contributed by atoms with Crippen molar-refractivity contribution in [2.45, 2.75) is 33.1 Å². The van der Waals surface area contributed by atoms with Gasteiger partial charge in [-0.3, -0.25) is 9.59 Å². The van der Waals surface area contributed by atoms with Crippen LogP contribution in [0.2, 0.25) is 0 Å². The Bertz CT molecular complexity index is 616. The number of rotatable bonds is 1. The van der Waals surface area contributed by atoms with E-state index in [0.29, 0.717) is 12.0 Å². The van der Waals surface area contributed by atoms with Crippen molar-refractivity contribution < 1.29 is 14.7 Å². The second-order valence-electron chi connectivity index (χ2n) is 5.91. The Morgan fingerprint density at radius 2 is 1.70 bits per heavy atom. The number of benzene rings is 1. The van der Waals surface area contributed by atoms with Gasteiger partial charge in [0.15, 0.2) is 11.6 Å². The number of carbonyl (C=O) groups is 2. The number of aryl methyl sites for hydroxylation is 1. The third kappa shape index (κ3) is 1.80. The van der Waals surface area contributed by atoms with E-state index in [1.807, 2.05) is 26.0 Å². The van der Waals surface area contributed by atoms with Crippen molar-refractivity contribution in [3.63, 3.8) is 0 Å². The summed E-state index contributed by atoms with van der Waals surface area (Å²) in [4.78, 5) is 24.7. The predicted molar refractivity (Wildman–Crippen MR) is 76.3 cm³/mol. The van der Waals surface area contributed by atoms with Crippen LogP contribution in [0.1, 0.15) is 36.0 Å². The lowest BCUT2D eigenvalue weighted by Crippen LogP contribution is -2.30. The lowest BCUT2D eigenvalue weighted by molar-refractivity contribution is -0.127. The molecule has 3 heteroatoms. The highest BCUT2D eigenvalue weighted by molar-refractivity contribution is 6.27. The van der Waals surface area contributed by atoms with Crippen LogP contribution in [0, 0.1) is 25.7 Å². The Kier molecular flexibility index (Phi) is 3.00. The predicted octanol–water partition coefficient (Wildman–Crippen LogP) is 3.14. The maximum absolute atomic E-state index is 12.4. The summed E-state index contributed by atoms with van der Waals surface area (Å²) in [6.07, 6.45) is 2.22. The quantitative estimate of drug-likeness (QED) is 0.484. The van der Waals surface area contributed by atoms with Crippen LogP contribution in [0.15, 0.2) is 23.8 Å². The molecule has 0 saturated heterocycles. The van der Waals surface area contributed by atoms with E-state index in [1.165, 1.54) is 0 Å². The number of fused-ring (bicyclic) bond motifs is 2. The normalized spacial score (nSPS) is 25.2. The molecular formula is C17H18O3. The van der Waals surface area contributed by atoms with E-state index in [4.69, 9.17) is 0 Å². The van der Waals surface area contributed by atoms with Gasteiger partial charge in [-0.1, -0.05) is 18.2 Å². The first-order chi connectivity index (χ1) is 9.50. The molecule has 0 radical (unpaired) electrons. The van der Waals surface area contributed by atoms with Crippen LogP contribution in [-0.2, 0) is 9.59 Å². The molecule has 3 nitrogen and oxygen atoms in total. The average Bonchev–Trinajstić information content (AvgIpc) is 2.87. The largest absolute Gasteiger partial charge is 0.506 e. The van der Waals surface area contributed by atoms with Crippen LogP contribution < -0.4 is 0 Å². The summed E-state index contributed by atoms with van der Waals surface area (Å²) < 4.78 is 0. The van der Waals surface area contributed by atoms with Crippen LogP contribution in [-0.4, -0.2) is 16.7 Å². The average molecular weight is 270 g/mol. The standard InChI is InChI=1S/C17H18O3/c1-9-4-3-5-13(10(9)2)17(20)14-15(18)11-6-7-12(8-11)16(14)19/h3-5,11-12,20H,6-8H2,1-2H3. The van der Waals surface area contributed by atoms with Crippen LogP contribution in [0.3, 0.4) is 0 Å². The van der Waals surface area contributed by atoms with Gasteiger partial charge in [0.25, 0.3) is 0 Å². The van der Waals surface area contributed by atoms with E-state index in [-0.39, 0.29) is 34.7 Å². The van der Waals surface area contributed by atoms with E-state index in [0.717, 1.165) is 24.0 Å². The summed E-state index contributed by atoms with van der Waals surface area (Å²) in [7, 11) is 0. The molecule has 1 aromatic carbocycles. The molecule has 3 rings (SSSR count). The van der Waals surface area contributed by atoms with Crippen LogP contribution in [0.25, 0.3) is 5.76 Å². The fourth-order valence-corrected chi connectivity index (χ4v) is 3.36. The number of aliphatic hydroxyl groups is 1. The topological polar surface area (TPSA) is 54.4 Å². The summed E-state index contributed by atoms with van der Waals surface area (Å²) in [5, 5.41) is 10.5. The van der Waals surface area contributed by atoms with Gasteiger partial charge in [0.1, 0.15) is 11.3 Å². The van der Waals surface area contributed by atoms with Gasteiger partial charge < -0.3 is 5.11 Å². The number of ketones is 2. The van der Waals surface area contributed by atoms with Crippen molar-refractivity contribution in [1.29, 1.82) is 0 Å². The first-order valence-corrected chi connectivity index (χ1v) is 7.09. The first kappa shape index (κ1) is 13.1.